The van der Waals surface area contributed by atoms with Crippen molar-refractivity contribution in [1.82, 2.24) is 10.7 Å². The largest absolute Gasteiger partial charge is 0.488 e. The number of rotatable bonds is 7. The number of carbonyl (C=O) groups is 2. The molecular weight excluding hydrogens is 473 g/mol. The van der Waals surface area contributed by atoms with E-state index in [1.54, 1.807) is 54.6 Å². The summed E-state index contributed by atoms with van der Waals surface area (Å²) in [4.78, 5) is 23.9. The van der Waals surface area contributed by atoms with Gasteiger partial charge in [0.2, 0.25) is 0 Å². The van der Waals surface area contributed by atoms with Gasteiger partial charge in [0.25, 0.3) is 0 Å². The minimum absolute atomic E-state index is 0.193. The fourth-order valence-electron chi connectivity index (χ4n) is 2.59. The molecule has 9 heteroatoms. The van der Waals surface area contributed by atoms with Crippen LogP contribution in [0.1, 0.15) is 16.7 Å². The first kappa shape index (κ1) is 23.6. The molecule has 0 aliphatic carbocycles. The van der Waals surface area contributed by atoms with E-state index >= 15 is 0 Å². The van der Waals surface area contributed by atoms with Gasteiger partial charge in [-0.25, -0.2) is 5.43 Å². The summed E-state index contributed by atoms with van der Waals surface area (Å²) < 4.78 is 5.82. The monoisotopic (exact) mass is 489 g/mol. The SMILES string of the molecule is O=C(NCc1ccc(Cl)cc1)C(=O)N/N=C\c1ccccc1OCc1ccc(Cl)c(Cl)c1. The third kappa shape index (κ3) is 6.99. The van der Waals surface area contributed by atoms with Gasteiger partial charge in [-0.05, 0) is 47.5 Å². The van der Waals surface area contributed by atoms with E-state index in [2.05, 4.69) is 15.8 Å². The Labute approximate surface area is 200 Å². The highest BCUT2D eigenvalue weighted by atomic mass is 35.5. The van der Waals surface area contributed by atoms with Gasteiger partial charge in [0.05, 0.1) is 16.3 Å². The molecule has 0 radical (unpaired) electrons. The number of para-hydroxylation sites is 1. The van der Waals surface area contributed by atoms with Gasteiger partial charge in [0, 0.05) is 17.1 Å². The lowest BCUT2D eigenvalue weighted by Gasteiger charge is -2.09. The average molecular weight is 491 g/mol. The Balaban J connectivity index is 1.53. The molecule has 0 heterocycles. The molecule has 32 heavy (non-hydrogen) atoms. The minimum atomic E-state index is -0.885. The van der Waals surface area contributed by atoms with E-state index in [0.717, 1.165) is 11.1 Å². The second kappa shape index (κ2) is 11.5. The minimum Gasteiger partial charge on any atom is -0.488 e. The Morgan fingerprint density at radius 3 is 2.34 bits per heavy atom. The molecule has 6 nitrogen and oxygen atoms in total. The average Bonchev–Trinajstić information content (AvgIpc) is 2.80. The molecule has 0 aromatic heterocycles. The van der Waals surface area contributed by atoms with Crippen molar-refractivity contribution in [2.24, 2.45) is 5.10 Å². The van der Waals surface area contributed by atoms with Gasteiger partial charge >= 0.3 is 11.8 Å². The number of nitrogens with one attached hydrogen (secondary N) is 2. The van der Waals surface area contributed by atoms with Gasteiger partial charge in [0.15, 0.2) is 0 Å². The van der Waals surface area contributed by atoms with E-state index in [1.807, 2.05) is 12.1 Å². The first-order valence-corrected chi connectivity index (χ1v) is 10.6. The van der Waals surface area contributed by atoms with Crippen molar-refractivity contribution < 1.29 is 14.3 Å². The lowest BCUT2D eigenvalue weighted by Crippen LogP contribution is -2.37. The zero-order valence-electron chi connectivity index (χ0n) is 16.6. The van der Waals surface area contributed by atoms with E-state index < -0.39 is 11.8 Å². The maximum absolute atomic E-state index is 12.0. The summed E-state index contributed by atoms with van der Waals surface area (Å²) in [5.41, 5.74) is 4.48. The van der Waals surface area contributed by atoms with Crippen molar-refractivity contribution in [3.63, 3.8) is 0 Å². The molecular formula is C23H18Cl3N3O3. The van der Waals surface area contributed by atoms with Crippen LogP contribution in [0, 0.1) is 0 Å². The molecule has 0 fully saturated rings. The molecule has 3 aromatic rings. The fraction of sp³-hybridized carbons (Fsp3) is 0.0870. The van der Waals surface area contributed by atoms with Crippen LogP contribution < -0.4 is 15.5 Å². The van der Waals surface area contributed by atoms with E-state index in [-0.39, 0.29) is 13.2 Å². The second-order valence-corrected chi connectivity index (χ2v) is 7.83. The normalized spacial score (nSPS) is 10.7. The number of benzene rings is 3. The van der Waals surface area contributed by atoms with Gasteiger partial charge in [0.1, 0.15) is 12.4 Å². The van der Waals surface area contributed by atoms with Gasteiger partial charge < -0.3 is 10.1 Å². The van der Waals surface area contributed by atoms with Crippen molar-refractivity contribution >= 4 is 52.8 Å². The number of hydrazone groups is 1. The van der Waals surface area contributed by atoms with E-state index in [0.29, 0.717) is 26.4 Å². The van der Waals surface area contributed by atoms with Crippen LogP contribution in [-0.4, -0.2) is 18.0 Å². The summed E-state index contributed by atoms with van der Waals surface area (Å²) in [5, 5.41) is 7.87. The number of ether oxygens (including phenoxy) is 1. The van der Waals surface area contributed by atoms with Gasteiger partial charge in [-0.3, -0.25) is 9.59 Å². The third-order valence-corrected chi connectivity index (χ3v) is 5.23. The van der Waals surface area contributed by atoms with Crippen molar-refractivity contribution in [1.29, 1.82) is 0 Å². The van der Waals surface area contributed by atoms with Crippen LogP contribution >= 0.6 is 34.8 Å². The summed E-state index contributed by atoms with van der Waals surface area (Å²) >= 11 is 17.8. The maximum atomic E-state index is 12.0. The van der Waals surface area contributed by atoms with Crippen LogP contribution in [0.2, 0.25) is 15.1 Å². The van der Waals surface area contributed by atoms with Crippen LogP contribution in [0.4, 0.5) is 0 Å². The fourth-order valence-corrected chi connectivity index (χ4v) is 3.03. The summed E-state index contributed by atoms with van der Waals surface area (Å²) in [6, 6.07) is 19.3. The summed E-state index contributed by atoms with van der Waals surface area (Å²) in [7, 11) is 0. The van der Waals surface area contributed by atoms with Crippen LogP contribution in [0.25, 0.3) is 0 Å². The molecule has 2 N–H and O–H groups in total. The Bertz CT molecular complexity index is 1130. The van der Waals surface area contributed by atoms with Crippen molar-refractivity contribution in [2.45, 2.75) is 13.2 Å². The Kier molecular flexibility index (Phi) is 8.50. The van der Waals surface area contributed by atoms with Crippen LogP contribution in [0.15, 0.2) is 71.8 Å². The number of halogens is 3. The molecule has 0 bridgehead atoms. The number of hydrogen-bond donors (Lipinski definition) is 2. The zero-order valence-corrected chi connectivity index (χ0v) is 18.9. The second-order valence-electron chi connectivity index (χ2n) is 6.58. The lowest BCUT2D eigenvalue weighted by atomic mass is 10.2. The molecule has 0 aliphatic heterocycles. The molecule has 0 saturated heterocycles. The molecule has 0 atom stereocenters. The topological polar surface area (TPSA) is 79.8 Å². The van der Waals surface area contributed by atoms with E-state index in [4.69, 9.17) is 39.5 Å². The molecule has 0 spiro atoms. The van der Waals surface area contributed by atoms with Gasteiger partial charge in [-0.2, -0.15) is 5.10 Å². The van der Waals surface area contributed by atoms with Crippen molar-refractivity contribution in [3.05, 3.63) is 98.5 Å². The van der Waals surface area contributed by atoms with Gasteiger partial charge in [-0.1, -0.05) is 65.1 Å². The van der Waals surface area contributed by atoms with Crippen molar-refractivity contribution in [2.75, 3.05) is 0 Å². The highest BCUT2D eigenvalue weighted by Crippen LogP contribution is 2.24. The standard InChI is InChI=1S/C23H18Cl3N3O3/c24-18-8-5-15(6-9-18)12-27-22(30)23(31)29-28-13-17-3-1-2-4-21(17)32-14-16-7-10-19(25)20(26)11-16/h1-11,13H,12,14H2,(H,27,30)(H,29,31)/b28-13-. The quantitative estimate of drug-likeness (QED) is 0.278. The summed E-state index contributed by atoms with van der Waals surface area (Å²) in [6.07, 6.45) is 1.40. The number of carbonyl (C=O) groups excluding carboxylic acids is 2. The zero-order chi connectivity index (χ0) is 22.9. The highest BCUT2D eigenvalue weighted by molar-refractivity contribution is 6.42. The number of nitrogens with zero attached hydrogens (tertiary/aromatic N) is 1. The predicted molar refractivity (Wildman–Crippen MR) is 126 cm³/mol. The number of hydrogen-bond acceptors (Lipinski definition) is 4. The van der Waals surface area contributed by atoms with Crippen molar-refractivity contribution in [3.8, 4) is 5.75 Å². The van der Waals surface area contributed by atoms with E-state index in [9.17, 15) is 9.59 Å². The smallest absolute Gasteiger partial charge is 0.329 e. The lowest BCUT2D eigenvalue weighted by molar-refractivity contribution is -0.139. The number of amides is 2. The molecule has 0 aliphatic rings. The molecule has 164 valence electrons. The first-order chi connectivity index (χ1) is 15.4. The molecule has 3 aromatic carbocycles. The van der Waals surface area contributed by atoms with Crippen LogP contribution in [0.3, 0.4) is 0 Å². The van der Waals surface area contributed by atoms with E-state index in [1.165, 1.54) is 6.21 Å². The van der Waals surface area contributed by atoms with Crippen LogP contribution in [0.5, 0.6) is 5.75 Å². The Morgan fingerprint density at radius 1 is 0.875 bits per heavy atom. The third-order valence-electron chi connectivity index (χ3n) is 4.24. The highest BCUT2D eigenvalue weighted by Gasteiger charge is 2.12. The summed E-state index contributed by atoms with van der Waals surface area (Å²) in [5.74, 6) is -1.14. The Hall–Kier alpha value is -3.06. The van der Waals surface area contributed by atoms with Gasteiger partial charge in [-0.15, -0.1) is 0 Å². The maximum Gasteiger partial charge on any atom is 0.329 e. The molecule has 3 rings (SSSR count). The molecule has 0 unspecified atom stereocenters. The summed E-state index contributed by atoms with van der Waals surface area (Å²) in [6.45, 7) is 0.458. The van der Waals surface area contributed by atoms with Crippen LogP contribution in [-0.2, 0) is 22.7 Å². The Morgan fingerprint density at radius 2 is 1.59 bits per heavy atom. The molecule has 2 amide bonds. The molecule has 0 saturated carbocycles. The predicted octanol–water partition coefficient (Wildman–Crippen LogP) is 4.99. The first-order valence-electron chi connectivity index (χ1n) is 9.44.